The summed E-state index contributed by atoms with van der Waals surface area (Å²) in [5.74, 6) is -0.354. The molecular weight excluding hydrogens is 372 g/mol. The predicted molar refractivity (Wildman–Crippen MR) is 99.5 cm³/mol. The molecule has 144 valence electrons. The van der Waals surface area contributed by atoms with Crippen molar-refractivity contribution >= 4 is 29.6 Å². The minimum Gasteiger partial charge on any atom is -0.493 e. The summed E-state index contributed by atoms with van der Waals surface area (Å²) in [6.07, 6.45) is 5.68. The van der Waals surface area contributed by atoms with Crippen molar-refractivity contribution in [1.82, 2.24) is 5.32 Å². The minimum atomic E-state index is -0.838. The van der Waals surface area contributed by atoms with E-state index in [1.165, 1.54) is 26.4 Å². The smallest absolute Gasteiger partial charge is 0.331 e. The molecule has 0 heterocycles. The lowest BCUT2D eigenvalue weighted by molar-refractivity contribution is -0.144. The Morgan fingerprint density at radius 3 is 2.59 bits per heavy atom. The van der Waals surface area contributed by atoms with Crippen molar-refractivity contribution in [3.8, 4) is 17.6 Å². The summed E-state index contributed by atoms with van der Waals surface area (Å²) < 4.78 is 15.3. The van der Waals surface area contributed by atoms with E-state index in [0.29, 0.717) is 34.9 Å². The van der Waals surface area contributed by atoms with Crippen molar-refractivity contribution in [1.29, 1.82) is 5.26 Å². The largest absolute Gasteiger partial charge is 0.493 e. The Labute approximate surface area is 162 Å². The van der Waals surface area contributed by atoms with Gasteiger partial charge in [0.2, 0.25) is 0 Å². The Kier molecular flexibility index (Phi) is 7.08. The Balaban J connectivity index is 1.91. The van der Waals surface area contributed by atoms with Gasteiger partial charge in [0, 0.05) is 6.08 Å². The number of hydrogen-bond donors (Lipinski definition) is 1. The van der Waals surface area contributed by atoms with Crippen molar-refractivity contribution in [3.05, 3.63) is 28.8 Å². The third-order valence-electron chi connectivity index (χ3n) is 4.26. The van der Waals surface area contributed by atoms with Gasteiger partial charge in [0.25, 0.3) is 5.91 Å². The SMILES string of the molecule is COc1cc(/C=C/C(=O)OCC(=O)NC2(C#N)CCCC2)cc(Cl)c1OC. The Hall–Kier alpha value is -2.72. The second-order valence-electron chi connectivity index (χ2n) is 6.13. The van der Waals surface area contributed by atoms with E-state index in [9.17, 15) is 14.9 Å². The first-order chi connectivity index (χ1) is 12.9. The van der Waals surface area contributed by atoms with E-state index in [2.05, 4.69) is 11.4 Å². The molecule has 1 aromatic rings. The van der Waals surface area contributed by atoms with E-state index in [-0.39, 0.29) is 0 Å². The number of nitriles is 1. The number of benzene rings is 1. The molecule has 7 nitrogen and oxygen atoms in total. The van der Waals surface area contributed by atoms with E-state index >= 15 is 0 Å². The molecule has 0 spiro atoms. The van der Waals surface area contributed by atoms with Gasteiger partial charge in [-0.15, -0.1) is 0 Å². The van der Waals surface area contributed by atoms with E-state index in [1.807, 2.05) is 0 Å². The fourth-order valence-electron chi connectivity index (χ4n) is 2.93. The summed E-state index contributed by atoms with van der Waals surface area (Å²) >= 11 is 6.10. The predicted octanol–water partition coefficient (Wildman–Crippen LogP) is 2.87. The second-order valence-corrected chi connectivity index (χ2v) is 6.54. The molecular formula is C19H21ClN2O5. The number of hydrogen-bond acceptors (Lipinski definition) is 6. The zero-order valence-corrected chi connectivity index (χ0v) is 16.0. The molecule has 1 aromatic carbocycles. The van der Waals surface area contributed by atoms with Crippen molar-refractivity contribution < 1.29 is 23.8 Å². The summed E-state index contributed by atoms with van der Waals surface area (Å²) in [5, 5.41) is 12.2. The highest BCUT2D eigenvalue weighted by Crippen LogP contribution is 2.36. The standard InChI is InChI=1S/C19H21ClN2O5/c1-25-15-10-13(9-14(20)18(15)26-2)5-6-17(24)27-11-16(23)22-19(12-21)7-3-4-8-19/h5-6,9-10H,3-4,7-8,11H2,1-2H3,(H,22,23)/b6-5+. The Bertz CT molecular complexity index is 779. The van der Waals surface area contributed by atoms with Crippen LogP contribution in [-0.4, -0.2) is 38.2 Å². The summed E-state index contributed by atoms with van der Waals surface area (Å²) in [6.45, 7) is -0.445. The molecule has 1 aliphatic carbocycles. The average Bonchev–Trinajstić information content (AvgIpc) is 3.13. The lowest BCUT2D eigenvalue weighted by Crippen LogP contribution is -2.46. The van der Waals surface area contributed by atoms with Gasteiger partial charge in [0.15, 0.2) is 18.1 Å². The van der Waals surface area contributed by atoms with Crippen LogP contribution in [0.15, 0.2) is 18.2 Å². The number of carbonyl (C=O) groups is 2. The number of methoxy groups -OCH3 is 2. The van der Waals surface area contributed by atoms with Crippen LogP contribution in [0.5, 0.6) is 11.5 Å². The van der Waals surface area contributed by atoms with Crippen molar-refractivity contribution in [2.45, 2.75) is 31.2 Å². The third-order valence-corrected chi connectivity index (χ3v) is 4.54. The van der Waals surface area contributed by atoms with Gasteiger partial charge < -0.3 is 19.5 Å². The van der Waals surface area contributed by atoms with E-state index < -0.39 is 24.0 Å². The van der Waals surface area contributed by atoms with Gasteiger partial charge in [-0.2, -0.15) is 5.26 Å². The number of carbonyl (C=O) groups excluding carboxylic acids is 2. The van der Waals surface area contributed by atoms with Gasteiger partial charge in [0.05, 0.1) is 25.3 Å². The molecule has 0 radical (unpaired) electrons. The zero-order valence-electron chi connectivity index (χ0n) is 15.2. The molecule has 1 saturated carbocycles. The van der Waals surface area contributed by atoms with Crippen molar-refractivity contribution in [2.75, 3.05) is 20.8 Å². The number of rotatable bonds is 7. The zero-order chi connectivity index (χ0) is 19.9. The van der Waals surface area contributed by atoms with Crippen LogP contribution in [-0.2, 0) is 14.3 Å². The van der Waals surface area contributed by atoms with Crippen LogP contribution in [0.3, 0.4) is 0 Å². The molecule has 1 amide bonds. The molecule has 0 aromatic heterocycles. The molecule has 0 aliphatic heterocycles. The minimum absolute atomic E-state index is 0.336. The van der Waals surface area contributed by atoms with Crippen LogP contribution >= 0.6 is 11.6 Å². The maximum absolute atomic E-state index is 11.9. The third kappa shape index (κ3) is 5.38. The van der Waals surface area contributed by atoms with Crippen LogP contribution in [0.25, 0.3) is 6.08 Å². The van der Waals surface area contributed by atoms with Gasteiger partial charge in [-0.05, 0) is 49.5 Å². The first-order valence-electron chi connectivity index (χ1n) is 8.41. The fraction of sp³-hybridized carbons (Fsp3) is 0.421. The maximum atomic E-state index is 11.9. The van der Waals surface area contributed by atoms with Crippen LogP contribution in [0.1, 0.15) is 31.2 Å². The molecule has 0 unspecified atom stereocenters. The van der Waals surface area contributed by atoms with E-state index in [0.717, 1.165) is 12.8 Å². The summed E-state index contributed by atoms with van der Waals surface area (Å²) in [4.78, 5) is 23.8. The lowest BCUT2D eigenvalue weighted by Gasteiger charge is -2.21. The summed E-state index contributed by atoms with van der Waals surface area (Å²) in [6, 6.07) is 5.41. The van der Waals surface area contributed by atoms with Gasteiger partial charge in [-0.3, -0.25) is 4.79 Å². The number of halogens is 1. The number of nitrogens with zero attached hydrogens (tertiary/aromatic N) is 1. The second kappa shape index (κ2) is 9.28. The van der Waals surface area contributed by atoms with Gasteiger partial charge in [-0.25, -0.2) is 4.79 Å². The van der Waals surface area contributed by atoms with Gasteiger partial charge >= 0.3 is 5.97 Å². The molecule has 0 atom stereocenters. The highest BCUT2D eigenvalue weighted by molar-refractivity contribution is 6.32. The highest BCUT2D eigenvalue weighted by Gasteiger charge is 2.35. The molecule has 27 heavy (non-hydrogen) atoms. The van der Waals surface area contributed by atoms with Crippen LogP contribution < -0.4 is 14.8 Å². The van der Waals surface area contributed by atoms with Gasteiger partial charge in [-0.1, -0.05) is 11.6 Å². The quantitative estimate of drug-likeness (QED) is 0.566. The average molecular weight is 393 g/mol. The van der Waals surface area contributed by atoms with Crippen molar-refractivity contribution in [3.63, 3.8) is 0 Å². The molecule has 1 fully saturated rings. The van der Waals surface area contributed by atoms with Crippen LogP contribution in [0.4, 0.5) is 0 Å². The molecule has 0 saturated heterocycles. The molecule has 1 aliphatic rings. The monoisotopic (exact) mass is 392 g/mol. The Morgan fingerprint density at radius 1 is 1.30 bits per heavy atom. The van der Waals surface area contributed by atoms with E-state index in [4.69, 9.17) is 25.8 Å². The first-order valence-corrected chi connectivity index (χ1v) is 8.79. The van der Waals surface area contributed by atoms with E-state index in [1.54, 1.807) is 12.1 Å². The molecule has 0 bridgehead atoms. The first kappa shape index (κ1) is 20.6. The fourth-order valence-corrected chi connectivity index (χ4v) is 3.23. The van der Waals surface area contributed by atoms with Crippen LogP contribution in [0, 0.1) is 11.3 Å². The highest BCUT2D eigenvalue weighted by atomic mass is 35.5. The Morgan fingerprint density at radius 2 is 2.00 bits per heavy atom. The number of esters is 1. The number of nitrogens with one attached hydrogen (secondary N) is 1. The maximum Gasteiger partial charge on any atom is 0.331 e. The molecule has 1 N–H and O–H groups in total. The van der Waals surface area contributed by atoms with Crippen LogP contribution in [0.2, 0.25) is 5.02 Å². The van der Waals surface area contributed by atoms with Crippen molar-refractivity contribution in [2.24, 2.45) is 0 Å². The van der Waals surface area contributed by atoms with Gasteiger partial charge in [0.1, 0.15) is 5.54 Å². The number of amides is 1. The molecule has 2 rings (SSSR count). The normalized spacial score (nSPS) is 15.2. The summed E-state index contributed by atoms with van der Waals surface area (Å²) in [5.41, 5.74) is -0.233. The lowest BCUT2D eigenvalue weighted by atomic mass is 10.00. The summed E-state index contributed by atoms with van der Waals surface area (Å²) in [7, 11) is 2.95. The number of ether oxygens (including phenoxy) is 3. The molecule has 8 heteroatoms. The topological polar surface area (TPSA) is 97.6 Å².